The van der Waals surface area contributed by atoms with Gasteiger partial charge < -0.3 is 24.4 Å². The number of rotatable bonds is 8. The molecule has 2 aromatic carbocycles. The maximum atomic E-state index is 12.6. The zero-order valence-corrected chi connectivity index (χ0v) is 18.0. The Morgan fingerprint density at radius 3 is 2.57 bits per heavy atom. The second-order valence-electron chi connectivity index (χ2n) is 7.25. The van der Waals surface area contributed by atoms with Crippen molar-refractivity contribution in [3.63, 3.8) is 0 Å². The van der Waals surface area contributed by atoms with Gasteiger partial charge in [-0.3, -0.25) is 0 Å². The van der Waals surface area contributed by atoms with Crippen LogP contribution in [0.15, 0.2) is 52.5 Å². The number of hydrazone groups is 1. The van der Waals surface area contributed by atoms with Gasteiger partial charge in [0.15, 0.2) is 0 Å². The van der Waals surface area contributed by atoms with Gasteiger partial charge in [0.05, 0.1) is 13.7 Å². The van der Waals surface area contributed by atoms with Gasteiger partial charge in [0, 0.05) is 25.2 Å². The van der Waals surface area contributed by atoms with Gasteiger partial charge in [-0.2, -0.15) is 13.5 Å². The van der Waals surface area contributed by atoms with Gasteiger partial charge in [-0.1, -0.05) is 6.07 Å². The molecule has 2 N–H and O–H groups in total. The summed E-state index contributed by atoms with van der Waals surface area (Å²) in [6.45, 7) is 4.19. The van der Waals surface area contributed by atoms with Crippen molar-refractivity contribution in [2.45, 2.75) is 24.7 Å². The summed E-state index contributed by atoms with van der Waals surface area (Å²) < 4.78 is 41.7. The van der Waals surface area contributed by atoms with E-state index in [0.717, 1.165) is 31.5 Å². The highest BCUT2D eigenvalue weighted by molar-refractivity contribution is 7.87. The molecule has 30 heavy (non-hydrogen) atoms. The van der Waals surface area contributed by atoms with Crippen LogP contribution in [0, 0.1) is 12.8 Å². The fourth-order valence-corrected chi connectivity index (χ4v) is 4.27. The number of hydrogen-bond acceptors (Lipinski definition) is 7. The summed E-state index contributed by atoms with van der Waals surface area (Å²) in [5.41, 5.74) is 0.845. The molecule has 1 heterocycles. The summed E-state index contributed by atoms with van der Waals surface area (Å²) in [6, 6.07) is 11.3. The largest absolute Gasteiger partial charge is 0.497 e. The number of benzene rings is 2. The van der Waals surface area contributed by atoms with Gasteiger partial charge >= 0.3 is 10.1 Å². The third kappa shape index (κ3) is 5.79. The first-order chi connectivity index (χ1) is 14.4. The van der Waals surface area contributed by atoms with Crippen molar-refractivity contribution in [1.29, 1.82) is 0 Å². The molecule has 0 aromatic heterocycles. The van der Waals surface area contributed by atoms with E-state index in [1.54, 1.807) is 30.6 Å². The molecule has 3 rings (SSSR count). The number of nitrogens with two attached hydrogens (primary N) is 1. The predicted molar refractivity (Wildman–Crippen MR) is 114 cm³/mol. The number of ether oxygens (including phenoxy) is 2. The number of likely N-dealkylation sites (tertiary alicyclic amines) is 1. The van der Waals surface area contributed by atoms with Crippen molar-refractivity contribution in [2.24, 2.45) is 16.9 Å². The lowest BCUT2D eigenvalue weighted by molar-refractivity contribution is 0.183. The van der Waals surface area contributed by atoms with Gasteiger partial charge in [-0.15, -0.1) is 0 Å². The Bertz CT molecular complexity index is 986. The van der Waals surface area contributed by atoms with Crippen molar-refractivity contribution in [3.05, 3.63) is 48.0 Å². The summed E-state index contributed by atoms with van der Waals surface area (Å²) in [4.78, 5) is 2.11. The average molecular weight is 434 g/mol. The van der Waals surface area contributed by atoms with E-state index in [2.05, 4.69) is 10.0 Å². The number of nitrogens with zero attached hydrogens (tertiary/aromatic N) is 2. The average Bonchev–Trinajstić information content (AvgIpc) is 2.73. The molecule has 1 aliphatic heterocycles. The quantitative estimate of drug-likeness (QED) is 0.224. The number of aryl methyl sites for hydroxylation is 1. The second kappa shape index (κ2) is 9.71. The molecular weight excluding hydrogens is 406 g/mol. The van der Waals surface area contributed by atoms with Crippen LogP contribution in [0.2, 0.25) is 0 Å². The topological polar surface area (TPSA) is 103 Å². The van der Waals surface area contributed by atoms with Crippen LogP contribution in [0.5, 0.6) is 17.2 Å². The highest BCUT2D eigenvalue weighted by atomic mass is 32.2. The Morgan fingerprint density at radius 2 is 1.87 bits per heavy atom. The minimum absolute atomic E-state index is 0.0265. The van der Waals surface area contributed by atoms with Crippen molar-refractivity contribution >= 4 is 16.5 Å². The molecule has 162 valence electrons. The van der Waals surface area contributed by atoms with Crippen LogP contribution >= 0.6 is 0 Å². The van der Waals surface area contributed by atoms with E-state index in [1.807, 2.05) is 13.0 Å². The Labute approximate surface area is 177 Å². The van der Waals surface area contributed by atoms with Gasteiger partial charge in [-0.05, 0) is 55.5 Å². The van der Waals surface area contributed by atoms with Crippen LogP contribution < -0.4 is 19.5 Å². The minimum Gasteiger partial charge on any atom is -0.497 e. The zero-order valence-electron chi connectivity index (χ0n) is 17.2. The SMILES string of the molecule is COc1cccc(S(=O)(=O)Oc2cc(C)cc(OCC3CCN(C=NN)CC3)c2)c1. The molecule has 8 nitrogen and oxygen atoms in total. The zero-order chi connectivity index (χ0) is 21.6. The Morgan fingerprint density at radius 1 is 1.13 bits per heavy atom. The normalized spacial score (nSPS) is 15.3. The summed E-state index contributed by atoms with van der Waals surface area (Å²) in [7, 11) is -2.51. The van der Waals surface area contributed by atoms with E-state index in [1.165, 1.54) is 19.2 Å². The van der Waals surface area contributed by atoms with Crippen LogP contribution in [0.1, 0.15) is 18.4 Å². The van der Waals surface area contributed by atoms with E-state index in [4.69, 9.17) is 19.5 Å². The van der Waals surface area contributed by atoms with Crippen molar-refractivity contribution < 1.29 is 22.1 Å². The molecule has 1 aliphatic rings. The molecule has 2 aromatic rings. The van der Waals surface area contributed by atoms with Gasteiger partial charge in [-0.25, -0.2) is 0 Å². The Hall–Kier alpha value is -2.94. The summed E-state index contributed by atoms with van der Waals surface area (Å²) in [6.07, 6.45) is 3.61. The molecule has 1 fully saturated rings. The standard InChI is InChI=1S/C21H27N3O5S/c1-16-10-19(28-14-17-6-8-24(9-7-17)15-23-22)12-20(11-16)29-30(25,26)21-5-3-4-18(13-21)27-2/h3-5,10-13,15,17H,6-9,14,22H2,1-2H3. The third-order valence-corrected chi connectivity index (χ3v) is 6.17. The van der Waals surface area contributed by atoms with Crippen molar-refractivity contribution in [2.75, 3.05) is 26.8 Å². The molecule has 0 radical (unpaired) electrons. The van der Waals surface area contributed by atoms with Crippen LogP contribution in [-0.4, -0.2) is 46.5 Å². The van der Waals surface area contributed by atoms with E-state index in [0.29, 0.717) is 24.0 Å². The van der Waals surface area contributed by atoms with E-state index in [9.17, 15) is 8.42 Å². The maximum absolute atomic E-state index is 12.6. The monoisotopic (exact) mass is 433 g/mol. The molecule has 0 atom stereocenters. The molecule has 0 unspecified atom stereocenters. The first-order valence-electron chi connectivity index (χ1n) is 9.70. The van der Waals surface area contributed by atoms with E-state index < -0.39 is 10.1 Å². The highest BCUT2D eigenvalue weighted by Gasteiger charge is 2.20. The predicted octanol–water partition coefficient (Wildman–Crippen LogP) is 2.76. The van der Waals surface area contributed by atoms with E-state index in [-0.39, 0.29) is 10.6 Å². The molecule has 0 bridgehead atoms. The molecule has 0 amide bonds. The van der Waals surface area contributed by atoms with E-state index >= 15 is 0 Å². The first-order valence-corrected chi connectivity index (χ1v) is 11.1. The summed E-state index contributed by atoms with van der Waals surface area (Å²) in [5.74, 6) is 6.84. The summed E-state index contributed by atoms with van der Waals surface area (Å²) >= 11 is 0. The molecule has 0 saturated carbocycles. The van der Waals surface area contributed by atoms with Crippen molar-refractivity contribution in [1.82, 2.24) is 4.90 Å². The van der Waals surface area contributed by atoms with Gasteiger partial charge in [0.1, 0.15) is 28.5 Å². The smallest absolute Gasteiger partial charge is 0.339 e. The second-order valence-corrected chi connectivity index (χ2v) is 8.80. The minimum atomic E-state index is -3.99. The Balaban J connectivity index is 1.65. The lowest BCUT2D eigenvalue weighted by atomic mass is 9.98. The van der Waals surface area contributed by atoms with Crippen LogP contribution in [0.25, 0.3) is 0 Å². The molecular formula is C21H27N3O5S. The van der Waals surface area contributed by atoms with Crippen molar-refractivity contribution in [3.8, 4) is 17.2 Å². The molecule has 1 saturated heterocycles. The van der Waals surface area contributed by atoms with Crippen LogP contribution in [0.4, 0.5) is 0 Å². The number of piperidine rings is 1. The first kappa shape index (κ1) is 21.8. The van der Waals surface area contributed by atoms with Gasteiger partial charge in [0.2, 0.25) is 0 Å². The fraction of sp³-hybridized carbons (Fsp3) is 0.381. The molecule has 0 aliphatic carbocycles. The summed E-state index contributed by atoms with van der Waals surface area (Å²) in [5, 5.41) is 3.56. The van der Waals surface area contributed by atoms with Gasteiger partial charge in [0.25, 0.3) is 0 Å². The molecule has 0 spiro atoms. The van der Waals surface area contributed by atoms with Crippen LogP contribution in [0.3, 0.4) is 0 Å². The fourth-order valence-electron chi connectivity index (χ4n) is 3.32. The maximum Gasteiger partial charge on any atom is 0.339 e. The lowest BCUT2D eigenvalue weighted by Crippen LogP contribution is -2.34. The van der Waals surface area contributed by atoms with Crippen LogP contribution in [-0.2, 0) is 10.1 Å². The number of methoxy groups -OCH3 is 1. The lowest BCUT2D eigenvalue weighted by Gasteiger charge is -2.30. The Kier molecular flexibility index (Phi) is 7.04. The molecule has 9 heteroatoms. The number of hydrogen-bond donors (Lipinski definition) is 1. The highest BCUT2D eigenvalue weighted by Crippen LogP contribution is 2.28. The third-order valence-electron chi connectivity index (χ3n) is 4.92.